The van der Waals surface area contributed by atoms with Crippen molar-refractivity contribution < 1.29 is 32.7 Å². The molecule has 172 valence electrons. The fourth-order valence-electron chi connectivity index (χ4n) is 3.94. The third kappa shape index (κ3) is 3.43. The van der Waals surface area contributed by atoms with Gasteiger partial charge in [0.15, 0.2) is 22.9 Å². The van der Waals surface area contributed by atoms with E-state index in [4.69, 9.17) is 36.8 Å². The summed E-state index contributed by atoms with van der Waals surface area (Å²) in [4.78, 5) is 27.8. The van der Waals surface area contributed by atoms with Crippen LogP contribution in [-0.4, -0.2) is 23.9 Å². The van der Waals surface area contributed by atoms with Gasteiger partial charge in [-0.05, 0) is 42.5 Å². The Morgan fingerprint density at radius 2 is 1.97 bits per heavy atom. The maximum atomic E-state index is 13.7. The van der Waals surface area contributed by atoms with Crippen molar-refractivity contribution in [3.8, 4) is 5.75 Å². The topological polar surface area (TPSA) is 93.1 Å². The highest BCUT2D eigenvalue weighted by molar-refractivity contribution is 6.32. The van der Waals surface area contributed by atoms with Gasteiger partial charge in [-0.15, -0.1) is 0 Å². The van der Waals surface area contributed by atoms with Crippen LogP contribution in [0.2, 0.25) is 10.0 Å². The second-order valence-corrected chi connectivity index (χ2v) is 8.26. The normalized spacial score (nSPS) is 16.1. The maximum absolute atomic E-state index is 13.7. The summed E-state index contributed by atoms with van der Waals surface area (Å²) in [7, 11) is 1.43. The van der Waals surface area contributed by atoms with Gasteiger partial charge in [0.1, 0.15) is 17.6 Å². The highest BCUT2D eigenvalue weighted by atomic mass is 35.5. The minimum Gasteiger partial charge on any atom is -0.503 e. The second kappa shape index (κ2) is 8.23. The predicted octanol–water partition coefficient (Wildman–Crippen LogP) is 6.26. The third-order valence-electron chi connectivity index (χ3n) is 5.44. The summed E-state index contributed by atoms with van der Waals surface area (Å²) < 4.78 is 30.2. The Morgan fingerprint density at radius 1 is 1.18 bits per heavy atom. The zero-order chi connectivity index (χ0) is 24.1. The van der Waals surface area contributed by atoms with Gasteiger partial charge in [0, 0.05) is 22.2 Å². The molecule has 1 unspecified atom stereocenters. The second-order valence-electron chi connectivity index (χ2n) is 7.42. The Kier molecular flexibility index (Phi) is 5.34. The molecule has 1 amide bonds. The van der Waals surface area contributed by atoms with E-state index in [1.165, 1.54) is 37.6 Å². The lowest BCUT2D eigenvalue weighted by atomic mass is 9.99. The molecule has 5 rings (SSSR count). The average molecular weight is 502 g/mol. The highest BCUT2D eigenvalue weighted by Gasteiger charge is 2.47. The Bertz CT molecular complexity index is 1490. The van der Waals surface area contributed by atoms with Gasteiger partial charge in [0.25, 0.3) is 5.91 Å². The number of hydrogen-bond donors (Lipinski definition) is 1. The summed E-state index contributed by atoms with van der Waals surface area (Å²) in [5, 5.41) is 11.4. The molecule has 2 aromatic heterocycles. The molecule has 4 aromatic rings. The highest BCUT2D eigenvalue weighted by Crippen LogP contribution is 2.43. The maximum Gasteiger partial charge on any atom is 0.294 e. The number of hydrogen-bond acceptors (Lipinski definition) is 6. The number of furan rings is 2. The lowest BCUT2D eigenvalue weighted by Gasteiger charge is -2.25. The SMILES string of the molecule is COc1cc(Cl)cc2cc(C(=O)C3=C(O)C(=O)N(c4ccc(F)c(Cl)c4)C3c3ccco3)oc12. The first kappa shape index (κ1) is 22.1. The lowest BCUT2D eigenvalue weighted by Crippen LogP contribution is -2.30. The van der Waals surface area contributed by atoms with Crippen molar-refractivity contribution >= 4 is 51.5 Å². The number of ether oxygens (including phenoxy) is 1. The van der Waals surface area contributed by atoms with Crippen molar-refractivity contribution in [3.05, 3.63) is 93.5 Å². The minimum atomic E-state index is -1.16. The standard InChI is InChI=1S/C24H14Cl2FNO6/c1-32-18-9-12(25)7-11-8-17(34-23(11)18)21(29)19-20(16-3-2-6-33-16)28(24(31)22(19)30)13-4-5-15(27)14(26)10-13/h2-10,20,30H,1H3. The van der Waals surface area contributed by atoms with Crippen molar-refractivity contribution in [2.45, 2.75) is 6.04 Å². The van der Waals surface area contributed by atoms with Gasteiger partial charge in [-0.25, -0.2) is 4.39 Å². The van der Waals surface area contributed by atoms with Crippen LogP contribution >= 0.6 is 23.2 Å². The van der Waals surface area contributed by atoms with Crippen LogP contribution < -0.4 is 9.64 Å². The number of Topliss-reactive ketones (excluding diaryl/α,β-unsaturated/α-hetero) is 1. The molecule has 2 aromatic carbocycles. The number of carbonyl (C=O) groups is 2. The van der Waals surface area contributed by atoms with Crippen LogP contribution in [0.5, 0.6) is 5.75 Å². The number of rotatable bonds is 5. The van der Waals surface area contributed by atoms with Crippen molar-refractivity contribution in [2.75, 3.05) is 12.0 Å². The van der Waals surface area contributed by atoms with Crippen LogP contribution in [0.15, 0.2) is 75.0 Å². The zero-order valence-electron chi connectivity index (χ0n) is 17.3. The number of ketones is 1. The van der Waals surface area contributed by atoms with Crippen molar-refractivity contribution in [1.82, 2.24) is 0 Å². The molecule has 0 radical (unpaired) electrons. The molecule has 0 saturated heterocycles. The summed E-state index contributed by atoms with van der Waals surface area (Å²) in [6.45, 7) is 0. The molecule has 1 aliphatic heterocycles. The van der Waals surface area contributed by atoms with E-state index >= 15 is 0 Å². The van der Waals surface area contributed by atoms with Gasteiger partial charge in [-0.1, -0.05) is 23.2 Å². The minimum absolute atomic E-state index is 0.152. The molecule has 0 bridgehead atoms. The number of anilines is 1. The van der Waals surface area contributed by atoms with Crippen LogP contribution in [0.25, 0.3) is 11.0 Å². The first-order chi connectivity index (χ1) is 16.3. The molecule has 0 spiro atoms. The zero-order valence-corrected chi connectivity index (χ0v) is 18.9. The lowest BCUT2D eigenvalue weighted by molar-refractivity contribution is -0.117. The Balaban J connectivity index is 1.65. The summed E-state index contributed by atoms with van der Waals surface area (Å²) >= 11 is 12.0. The van der Waals surface area contributed by atoms with Crippen LogP contribution in [0.3, 0.4) is 0 Å². The molecular weight excluding hydrogens is 488 g/mol. The fraction of sp³-hybridized carbons (Fsp3) is 0.0833. The predicted molar refractivity (Wildman–Crippen MR) is 122 cm³/mol. The quantitative estimate of drug-likeness (QED) is 0.324. The Morgan fingerprint density at radius 3 is 2.65 bits per heavy atom. The van der Waals surface area contributed by atoms with Crippen molar-refractivity contribution in [1.29, 1.82) is 0 Å². The molecule has 7 nitrogen and oxygen atoms in total. The van der Waals surface area contributed by atoms with E-state index < -0.39 is 29.3 Å². The molecule has 34 heavy (non-hydrogen) atoms. The Labute approximate surface area is 201 Å². The molecule has 0 aliphatic carbocycles. The van der Waals surface area contributed by atoms with Gasteiger partial charge >= 0.3 is 0 Å². The number of halogens is 3. The molecule has 1 aliphatic rings. The van der Waals surface area contributed by atoms with Gasteiger partial charge in [0.05, 0.1) is 24.0 Å². The van der Waals surface area contributed by atoms with E-state index in [0.717, 1.165) is 11.0 Å². The van der Waals surface area contributed by atoms with E-state index in [1.807, 2.05) is 0 Å². The smallest absolute Gasteiger partial charge is 0.294 e. The number of fused-ring (bicyclic) bond motifs is 1. The van der Waals surface area contributed by atoms with E-state index in [2.05, 4.69) is 0 Å². The van der Waals surface area contributed by atoms with Crippen molar-refractivity contribution in [3.63, 3.8) is 0 Å². The number of nitrogens with zero attached hydrogens (tertiary/aromatic N) is 1. The summed E-state index contributed by atoms with van der Waals surface area (Å²) in [6, 6.07) is 10.1. The van der Waals surface area contributed by atoms with E-state index in [0.29, 0.717) is 16.2 Å². The fourth-order valence-corrected chi connectivity index (χ4v) is 4.33. The number of carbonyl (C=O) groups excluding carboxylic acids is 2. The van der Waals surface area contributed by atoms with Crippen LogP contribution in [-0.2, 0) is 4.79 Å². The van der Waals surface area contributed by atoms with Crippen LogP contribution in [0.4, 0.5) is 10.1 Å². The molecule has 10 heteroatoms. The number of aliphatic hydroxyl groups is 1. The molecule has 1 N–H and O–H groups in total. The van der Waals surface area contributed by atoms with Gasteiger partial charge < -0.3 is 18.7 Å². The Hall–Kier alpha value is -3.75. The van der Waals surface area contributed by atoms with Crippen LogP contribution in [0, 0.1) is 5.82 Å². The summed E-state index contributed by atoms with van der Waals surface area (Å²) in [5.74, 6) is -2.76. The van der Waals surface area contributed by atoms with E-state index in [-0.39, 0.29) is 33.4 Å². The van der Waals surface area contributed by atoms with E-state index in [9.17, 15) is 19.1 Å². The van der Waals surface area contributed by atoms with Crippen molar-refractivity contribution in [2.24, 2.45) is 0 Å². The summed E-state index contributed by atoms with van der Waals surface area (Å²) in [5.41, 5.74) is 0.158. The average Bonchev–Trinajstić information content (AvgIpc) is 3.54. The van der Waals surface area contributed by atoms with Gasteiger partial charge in [-0.3, -0.25) is 14.5 Å². The molecule has 3 heterocycles. The monoisotopic (exact) mass is 501 g/mol. The molecule has 0 saturated carbocycles. The number of amides is 1. The van der Waals surface area contributed by atoms with E-state index in [1.54, 1.807) is 18.2 Å². The molecule has 1 atom stereocenters. The number of methoxy groups -OCH3 is 1. The largest absolute Gasteiger partial charge is 0.503 e. The van der Waals surface area contributed by atoms with Gasteiger partial charge in [0.2, 0.25) is 5.78 Å². The van der Waals surface area contributed by atoms with Crippen LogP contribution in [0.1, 0.15) is 22.4 Å². The number of benzene rings is 2. The third-order valence-corrected chi connectivity index (χ3v) is 5.95. The summed E-state index contributed by atoms with van der Waals surface area (Å²) in [6.07, 6.45) is 1.36. The first-order valence-electron chi connectivity index (χ1n) is 9.87. The molecular formula is C24H14Cl2FNO6. The van der Waals surface area contributed by atoms with Gasteiger partial charge in [-0.2, -0.15) is 0 Å². The molecule has 0 fully saturated rings. The first-order valence-corrected chi connectivity index (χ1v) is 10.6. The number of aliphatic hydroxyl groups excluding tert-OH is 1.